The fourth-order valence-corrected chi connectivity index (χ4v) is 3.87. The van der Waals surface area contributed by atoms with Crippen LogP contribution in [0.4, 0.5) is 4.79 Å². The molecule has 2 unspecified atom stereocenters. The van der Waals surface area contributed by atoms with Gasteiger partial charge in [0.05, 0.1) is 6.54 Å². The van der Waals surface area contributed by atoms with Gasteiger partial charge in [0.15, 0.2) is 0 Å². The second-order valence-corrected chi connectivity index (χ2v) is 6.97. The number of nitrogens with zero attached hydrogens (tertiary/aromatic N) is 2. The predicted octanol–water partition coefficient (Wildman–Crippen LogP) is 1.07. The summed E-state index contributed by atoms with van der Waals surface area (Å²) in [5, 5.41) is 12.6. The van der Waals surface area contributed by atoms with E-state index in [9.17, 15) is 9.59 Å². The molecule has 0 spiro atoms. The summed E-state index contributed by atoms with van der Waals surface area (Å²) in [6.45, 7) is 2.76. The van der Waals surface area contributed by atoms with Gasteiger partial charge in [-0.15, -0.1) is 0 Å². The van der Waals surface area contributed by atoms with Gasteiger partial charge in [-0.3, -0.25) is 9.69 Å². The van der Waals surface area contributed by atoms with E-state index in [0.29, 0.717) is 30.9 Å². The number of nitrogens with one attached hydrogen (secondary N) is 1. The van der Waals surface area contributed by atoms with E-state index in [4.69, 9.17) is 5.11 Å². The van der Waals surface area contributed by atoms with Gasteiger partial charge in [0.25, 0.3) is 0 Å². The first-order chi connectivity index (χ1) is 10.1. The third-order valence-electron chi connectivity index (χ3n) is 4.28. The highest BCUT2D eigenvalue weighted by molar-refractivity contribution is 7.99. The highest BCUT2D eigenvalue weighted by Gasteiger charge is 2.27. The van der Waals surface area contributed by atoms with E-state index < -0.39 is 5.97 Å². The van der Waals surface area contributed by atoms with Crippen LogP contribution in [0.3, 0.4) is 0 Å². The van der Waals surface area contributed by atoms with Gasteiger partial charge < -0.3 is 15.3 Å². The van der Waals surface area contributed by atoms with Crippen molar-refractivity contribution in [2.45, 2.75) is 37.0 Å². The van der Waals surface area contributed by atoms with Gasteiger partial charge in [0.1, 0.15) is 0 Å². The average molecular weight is 315 g/mol. The van der Waals surface area contributed by atoms with Gasteiger partial charge >= 0.3 is 12.0 Å². The Morgan fingerprint density at radius 3 is 2.71 bits per heavy atom. The number of hydrogen-bond donors (Lipinski definition) is 2. The molecule has 0 radical (unpaired) electrons. The third kappa shape index (κ3) is 5.07. The normalized spacial score (nSPS) is 27.4. The number of carbonyl (C=O) groups is 2. The van der Waals surface area contributed by atoms with Gasteiger partial charge in [-0.2, -0.15) is 11.8 Å². The Morgan fingerprint density at radius 2 is 2.05 bits per heavy atom. The van der Waals surface area contributed by atoms with E-state index in [1.807, 2.05) is 21.6 Å². The molecule has 2 N–H and O–H groups in total. The quantitative estimate of drug-likeness (QED) is 0.812. The molecule has 0 aromatic rings. The van der Waals surface area contributed by atoms with E-state index in [2.05, 4.69) is 11.6 Å². The summed E-state index contributed by atoms with van der Waals surface area (Å²) < 4.78 is 0. The predicted molar refractivity (Wildman–Crippen MR) is 83.7 cm³/mol. The maximum absolute atomic E-state index is 12.3. The molecule has 6 nitrogen and oxygen atoms in total. The molecule has 2 rings (SSSR count). The lowest BCUT2D eigenvalue weighted by molar-refractivity contribution is -0.138. The summed E-state index contributed by atoms with van der Waals surface area (Å²) in [6, 6.07) is 0.312. The van der Waals surface area contributed by atoms with Gasteiger partial charge in [0, 0.05) is 37.5 Å². The number of urea groups is 1. The van der Waals surface area contributed by atoms with E-state index in [-0.39, 0.29) is 12.6 Å². The standard InChI is InChI=1S/C14H25N3O3S/c1-21-12-4-3-11(9-12)15-14(20)17-6-2-5-16(7-8-17)10-13(18)19/h11-12H,2-10H2,1H3,(H,15,20)(H,18,19). The van der Waals surface area contributed by atoms with Gasteiger partial charge in [-0.25, -0.2) is 4.79 Å². The first-order valence-electron chi connectivity index (χ1n) is 7.61. The van der Waals surface area contributed by atoms with Crippen LogP contribution in [0.15, 0.2) is 0 Å². The first kappa shape index (κ1) is 16.4. The fourth-order valence-electron chi connectivity index (χ4n) is 3.07. The number of rotatable bonds is 4. The van der Waals surface area contributed by atoms with Crippen LogP contribution in [-0.4, -0.2) is 77.2 Å². The lowest BCUT2D eigenvalue weighted by Gasteiger charge is -2.24. The second-order valence-electron chi connectivity index (χ2n) is 5.83. The summed E-state index contributed by atoms with van der Waals surface area (Å²) in [6.07, 6.45) is 6.26. The highest BCUT2D eigenvalue weighted by atomic mass is 32.2. The Balaban J connectivity index is 1.76. The molecule has 0 aromatic heterocycles. The third-order valence-corrected chi connectivity index (χ3v) is 5.37. The number of carboxylic acid groups (broad SMARTS) is 1. The Labute approximate surface area is 130 Å². The SMILES string of the molecule is CSC1CCC(NC(=O)N2CCCN(CC(=O)O)CC2)C1. The first-order valence-corrected chi connectivity index (χ1v) is 8.89. The monoisotopic (exact) mass is 315 g/mol. The molecular weight excluding hydrogens is 290 g/mol. The molecule has 1 heterocycles. The fraction of sp³-hybridized carbons (Fsp3) is 0.857. The Morgan fingerprint density at radius 1 is 1.24 bits per heavy atom. The van der Waals surface area contributed by atoms with Crippen LogP contribution in [0, 0.1) is 0 Å². The van der Waals surface area contributed by atoms with Gasteiger partial charge in [-0.1, -0.05) is 0 Å². The number of thioether (sulfide) groups is 1. The van der Waals surface area contributed by atoms with Crippen molar-refractivity contribution in [3.05, 3.63) is 0 Å². The molecule has 2 amide bonds. The molecule has 0 bridgehead atoms. The van der Waals surface area contributed by atoms with Crippen LogP contribution in [0.5, 0.6) is 0 Å². The Hall–Kier alpha value is -0.950. The van der Waals surface area contributed by atoms with Crippen molar-refractivity contribution in [2.24, 2.45) is 0 Å². The second kappa shape index (κ2) is 7.89. The maximum atomic E-state index is 12.3. The number of carbonyl (C=O) groups excluding carboxylic acids is 1. The summed E-state index contributed by atoms with van der Waals surface area (Å²) >= 11 is 1.88. The van der Waals surface area contributed by atoms with Crippen LogP contribution >= 0.6 is 11.8 Å². The largest absolute Gasteiger partial charge is 0.480 e. The summed E-state index contributed by atoms with van der Waals surface area (Å²) in [5.74, 6) is -0.804. The number of hydrogen-bond acceptors (Lipinski definition) is 4. The van der Waals surface area contributed by atoms with E-state index in [0.717, 1.165) is 25.8 Å². The smallest absolute Gasteiger partial charge is 0.317 e. The summed E-state index contributed by atoms with van der Waals surface area (Å²) in [5.41, 5.74) is 0. The summed E-state index contributed by atoms with van der Waals surface area (Å²) in [7, 11) is 0. The molecular formula is C14H25N3O3S. The zero-order chi connectivity index (χ0) is 15.2. The van der Waals surface area contributed by atoms with Gasteiger partial charge in [0.2, 0.25) is 0 Å². The van der Waals surface area contributed by atoms with Crippen molar-refractivity contribution in [1.82, 2.24) is 15.1 Å². The van der Waals surface area contributed by atoms with Crippen molar-refractivity contribution in [1.29, 1.82) is 0 Å². The van der Waals surface area contributed by atoms with Crippen LogP contribution in [0.1, 0.15) is 25.7 Å². The minimum atomic E-state index is -0.804. The minimum Gasteiger partial charge on any atom is -0.480 e. The Kier molecular flexibility index (Phi) is 6.17. The maximum Gasteiger partial charge on any atom is 0.317 e. The molecule has 7 heteroatoms. The molecule has 1 aliphatic carbocycles. The Bertz CT molecular complexity index is 380. The number of carboxylic acids is 1. The molecule has 2 aliphatic rings. The van der Waals surface area contributed by atoms with Gasteiger partial charge in [-0.05, 0) is 31.9 Å². The van der Waals surface area contributed by atoms with E-state index in [1.165, 1.54) is 6.42 Å². The number of aliphatic carboxylic acids is 1. The molecule has 1 aliphatic heterocycles. The lowest BCUT2D eigenvalue weighted by Crippen LogP contribution is -2.45. The van der Waals surface area contributed by atoms with Crippen molar-refractivity contribution in [3.63, 3.8) is 0 Å². The molecule has 120 valence electrons. The molecule has 21 heavy (non-hydrogen) atoms. The van der Waals surface area contributed by atoms with E-state index >= 15 is 0 Å². The van der Waals surface area contributed by atoms with E-state index in [1.54, 1.807) is 0 Å². The average Bonchev–Trinajstić information content (AvgIpc) is 2.76. The van der Waals surface area contributed by atoms with Crippen LogP contribution in [0.25, 0.3) is 0 Å². The highest BCUT2D eigenvalue weighted by Crippen LogP contribution is 2.28. The van der Waals surface area contributed by atoms with Crippen LogP contribution < -0.4 is 5.32 Å². The molecule has 2 atom stereocenters. The molecule has 1 saturated heterocycles. The van der Waals surface area contributed by atoms with Crippen LogP contribution in [0.2, 0.25) is 0 Å². The molecule has 2 fully saturated rings. The zero-order valence-electron chi connectivity index (χ0n) is 12.6. The van der Waals surface area contributed by atoms with Crippen molar-refractivity contribution in [3.8, 4) is 0 Å². The van der Waals surface area contributed by atoms with Crippen molar-refractivity contribution >= 4 is 23.8 Å². The van der Waals surface area contributed by atoms with Crippen molar-refractivity contribution < 1.29 is 14.7 Å². The topological polar surface area (TPSA) is 72.9 Å². The van der Waals surface area contributed by atoms with Crippen molar-refractivity contribution in [2.75, 3.05) is 39.0 Å². The number of amides is 2. The summed E-state index contributed by atoms with van der Waals surface area (Å²) in [4.78, 5) is 26.8. The van der Waals surface area contributed by atoms with Crippen LogP contribution in [-0.2, 0) is 4.79 Å². The minimum absolute atomic E-state index is 0.0129. The lowest BCUT2D eigenvalue weighted by atomic mass is 10.2. The molecule has 0 aromatic carbocycles. The zero-order valence-corrected chi connectivity index (χ0v) is 13.4. The molecule has 1 saturated carbocycles.